The highest BCUT2D eigenvalue weighted by molar-refractivity contribution is 5.89. The molecule has 1 aromatic rings. The first-order valence-electron chi connectivity index (χ1n) is 7.22. The lowest BCUT2D eigenvalue weighted by molar-refractivity contribution is -0.00471. The Morgan fingerprint density at radius 2 is 2.00 bits per heavy atom. The largest absolute Gasteiger partial charge is 0.497 e. The second-order valence-corrected chi connectivity index (χ2v) is 6.13. The van der Waals surface area contributed by atoms with Gasteiger partial charge in [0.1, 0.15) is 18.0 Å². The topological polar surface area (TPSA) is 44.8 Å². The predicted molar refractivity (Wildman–Crippen MR) is 84.0 cm³/mol. The molecule has 0 N–H and O–H groups in total. The number of esters is 1. The number of hydrogen-bond acceptors (Lipinski definition) is 4. The fourth-order valence-electron chi connectivity index (χ4n) is 2.47. The van der Waals surface area contributed by atoms with Crippen molar-refractivity contribution in [3.8, 4) is 5.75 Å². The molecule has 2 rings (SSSR count). The minimum absolute atomic E-state index is 0.259. The Balaban J connectivity index is 2.18. The Bertz CT molecular complexity index is 594. The zero-order chi connectivity index (χ0) is 16.3. The minimum atomic E-state index is -0.368. The predicted octanol–water partition coefficient (Wildman–Crippen LogP) is 3.38. The number of hydrogen-bond donors (Lipinski definition) is 0. The average molecular weight is 302 g/mol. The molecule has 0 amide bonds. The number of benzene rings is 1. The van der Waals surface area contributed by atoms with Gasteiger partial charge in [0, 0.05) is 11.0 Å². The summed E-state index contributed by atoms with van der Waals surface area (Å²) in [4.78, 5) is 12.4. The first-order chi connectivity index (χ1) is 10.4. The van der Waals surface area contributed by atoms with Crippen molar-refractivity contribution >= 4 is 5.97 Å². The van der Waals surface area contributed by atoms with Crippen LogP contribution in [0.1, 0.15) is 31.1 Å². The van der Waals surface area contributed by atoms with Gasteiger partial charge in [0.05, 0.1) is 19.3 Å². The number of carbonyl (C=O) groups is 1. The molecule has 1 fully saturated rings. The summed E-state index contributed by atoms with van der Waals surface area (Å²) in [5, 5.41) is 0. The van der Waals surface area contributed by atoms with Crippen LogP contribution in [0.3, 0.4) is 0 Å². The van der Waals surface area contributed by atoms with E-state index in [-0.39, 0.29) is 23.6 Å². The van der Waals surface area contributed by atoms with E-state index in [0.29, 0.717) is 17.9 Å². The van der Waals surface area contributed by atoms with Crippen molar-refractivity contribution in [2.24, 2.45) is 5.41 Å². The summed E-state index contributed by atoms with van der Waals surface area (Å²) in [5.74, 6) is 0.331. The van der Waals surface area contributed by atoms with E-state index in [1.54, 1.807) is 31.4 Å². The molecule has 118 valence electrons. The van der Waals surface area contributed by atoms with Crippen LogP contribution < -0.4 is 4.74 Å². The molecule has 4 nitrogen and oxygen atoms in total. The van der Waals surface area contributed by atoms with Crippen molar-refractivity contribution in [1.29, 1.82) is 0 Å². The van der Waals surface area contributed by atoms with Gasteiger partial charge in [0.25, 0.3) is 0 Å². The fraction of sp³-hybridized carbons (Fsp3) is 0.444. The lowest BCUT2D eigenvalue weighted by Gasteiger charge is -2.28. The summed E-state index contributed by atoms with van der Waals surface area (Å²) >= 11 is 0. The van der Waals surface area contributed by atoms with Crippen LogP contribution in [0, 0.1) is 5.41 Å². The van der Waals surface area contributed by atoms with Crippen molar-refractivity contribution in [2.45, 2.75) is 33.0 Å². The molecule has 1 saturated heterocycles. The lowest BCUT2D eigenvalue weighted by Crippen LogP contribution is -2.37. The van der Waals surface area contributed by atoms with E-state index in [0.717, 1.165) is 5.57 Å². The van der Waals surface area contributed by atoms with Crippen LogP contribution in [0.5, 0.6) is 5.75 Å². The van der Waals surface area contributed by atoms with Gasteiger partial charge in [-0.15, -0.1) is 5.73 Å². The number of ether oxygens (including phenoxy) is 3. The molecule has 0 saturated carbocycles. The second kappa shape index (κ2) is 6.39. The van der Waals surface area contributed by atoms with Crippen LogP contribution in [0.15, 0.2) is 42.1 Å². The highest BCUT2D eigenvalue weighted by Crippen LogP contribution is 2.37. The Morgan fingerprint density at radius 3 is 2.55 bits per heavy atom. The fourth-order valence-corrected chi connectivity index (χ4v) is 2.47. The number of rotatable bonds is 4. The molecule has 1 aliphatic rings. The van der Waals surface area contributed by atoms with Crippen LogP contribution in [-0.2, 0) is 9.47 Å². The van der Waals surface area contributed by atoms with Gasteiger partial charge in [0.15, 0.2) is 0 Å². The van der Waals surface area contributed by atoms with E-state index < -0.39 is 0 Å². The molecule has 1 aliphatic heterocycles. The molecule has 1 heterocycles. The van der Waals surface area contributed by atoms with E-state index in [4.69, 9.17) is 14.2 Å². The maximum atomic E-state index is 12.4. The number of carbonyl (C=O) groups excluding carboxylic acids is 1. The molecule has 0 radical (unpaired) electrons. The molecule has 0 bridgehead atoms. The lowest BCUT2D eigenvalue weighted by atomic mass is 9.85. The molecule has 0 unspecified atom stereocenters. The molecule has 2 atom stereocenters. The smallest absolute Gasteiger partial charge is 0.338 e. The third-order valence-corrected chi connectivity index (χ3v) is 3.95. The molecule has 0 aliphatic carbocycles. The summed E-state index contributed by atoms with van der Waals surface area (Å²) in [7, 11) is 1.58. The van der Waals surface area contributed by atoms with Crippen molar-refractivity contribution in [3.63, 3.8) is 0 Å². The average Bonchev–Trinajstić information content (AvgIpc) is 2.81. The SMILES string of the molecule is C=C=C(C)[C@H]1OCC(C)(C)[C@H]1OC(=O)c1ccc(OC)cc1. The zero-order valence-corrected chi connectivity index (χ0v) is 13.5. The molecular formula is C18H22O4. The van der Waals surface area contributed by atoms with Gasteiger partial charge in [-0.05, 0) is 31.2 Å². The van der Waals surface area contributed by atoms with Crippen LogP contribution in [0.2, 0.25) is 0 Å². The van der Waals surface area contributed by atoms with Crippen LogP contribution in [0.4, 0.5) is 0 Å². The van der Waals surface area contributed by atoms with Gasteiger partial charge in [0.2, 0.25) is 0 Å². The summed E-state index contributed by atoms with van der Waals surface area (Å²) in [6, 6.07) is 6.85. The highest BCUT2D eigenvalue weighted by atomic mass is 16.6. The third-order valence-electron chi connectivity index (χ3n) is 3.95. The minimum Gasteiger partial charge on any atom is -0.497 e. The van der Waals surface area contributed by atoms with E-state index in [9.17, 15) is 4.79 Å². The van der Waals surface area contributed by atoms with Crippen molar-refractivity contribution in [1.82, 2.24) is 0 Å². The normalized spacial score (nSPS) is 22.7. The zero-order valence-electron chi connectivity index (χ0n) is 13.5. The van der Waals surface area contributed by atoms with Crippen LogP contribution in [0.25, 0.3) is 0 Å². The quantitative estimate of drug-likeness (QED) is 0.632. The summed E-state index contributed by atoms with van der Waals surface area (Å²) in [6.45, 7) is 10.1. The van der Waals surface area contributed by atoms with E-state index in [2.05, 4.69) is 12.3 Å². The van der Waals surface area contributed by atoms with Crippen LogP contribution in [-0.4, -0.2) is 31.9 Å². The summed E-state index contributed by atoms with van der Waals surface area (Å²) in [6.07, 6.45) is -0.661. The number of methoxy groups -OCH3 is 1. The van der Waals surface area contributed by atoms with E-state index >= 15 is 0 Å². The van der Waals surface area contributed by atoms with Gasteiger partial charge in [-0.2, -0.15) is 0 Å². The summed E-state index contributed by atoms with van der Waals surface area (Å²) in [5.41, 5.74) is 3.91. The first kappa shape index (κ1) is 16.3. The van der Waals surface area contributed by atoms with Gasteiger partial charge >= 0.3 is 5.97 Å². The maximum Gasteiger partial charge on any atom is 0.338 e. The molecule has 1 aromatic carbocycles. The third kappa shape index (κ3) is 3.24. The molecule has 0 spiro atoms. The van der Waals surface area contributed by atoms with Gasteiger partial charge in [-0.3, -0.25) is 0 Å². The summed E-state index contributed by atoms with van der Waals surface area (Å²) < 4.78 is 16.6. The first-order valence-corrected chi connectivity index (χ1v) is 7.22. The highest BCUT2D eigenvalue weighted by Gasteiger charge is 2.46. The van der Waals surface area contributed by atoms with E-state index in [1.807, 2.05) is 20.8 Å². The molecule has 0 aromatic heterocycles. The Morgan fingerprint density at radius 1 is 1.36 bits per heavy atom. The van der Waals surface area contributed by atoms with Gasteiger partial charge < -0.3 is 14.2 Å². The Hall–Kier alpha value is -2.03. The standard InChI is InChI=1S/C18H22O4/c1-6-12(2)15-16(18(3,4)11-21-15)22-17(19)13-7-9-14(20-5)10-8-13/h7-10,15-16H,1,11H2,2-5H3/t15-,16+/m1/s1. The maximum absolute atomic E-state index is 12.4. The van der Waals surface area contributed by atoms with Gasteiger partial charge in [-0.25, -0.2) is 4.79 Å². The molecule has 22 heavy (non-hydrogen) atoms. The van der Waals surface area contributed by atoms with Crippen molar-refractivity contribution < 1.29 is 19.0 Å². The van der Waals surface area contributed by atoms with Crippen molar-refractivity contribution in [3.05, 3.63) is 47.7 Å². The molecular weight excluding hydrogens is 280 g/mol. The van der Waals surface area contributed by atoms with Crippen molar-refractivity contribution in [2.75, 3.05) is 13.7 Å². The van der Waals surface area contributed by atoms with E-state index in [1.165, 1.54) is 0 Å². The van der Waals surface area contributed by atoms with Crippen LogP contribution >= 0.6 is 0 Å². The Kier molecular flexibility index (Phi) is 4.74. The monoisotopic (exact) mass is 302 g/mol. The second-order valence-electron chi connectivity index (χ2n) is 6.13. The van der Waals surface area contributed by atoms with Gasteiger partial charge in [-0.1, -0.05) is 20.4 Å². The molecule has 4 heteroatoms. The Labute approximate surface area is 131 Å².